The predicted molar refractivity (Wildman–Crippen MR) is 74.5 cm³/mol. The van der Waals surface area contributed by atoms with Gasteiger partial charge in [0.2, 0.25) is 0 Å². The van der Waals surface area contributed by atoms with Gasteiger partial charge in [-0.1, -0.05) is 48.0 Å². The van der Waals surface area contributed by atoms with Crippen molar-refractivity contribution in [3.05, 3.63) is 70.2 Å². The van der Waals surface area contributed by atoms with Gasteiger partial charge in [-0.2, -0.15) is 0 Å². The second kappa shape index (κ2) is 4.43. The van der Waals surface area contributed by atoms with E-state index >= 15 is 0 Å². The van der Waals surface area contributed by atoms with E-state index in [0.717, 1.165) is 22.3 Å². The van der Waals surface area contributed by atoms with Crippen LogP contribution in [0.1, 0.15) is 16.7 Å². The summed E-state index contributed by atoms with van der Waals surface area (Å²) in [5.41, 5.74) is 3.83. The van der Waals surface area contributed by atoms with Crippen LogP contribution in [0.4, 0.5) is 0 Å². The fourth-order valence-corrected chi connectivity index (χ4v) is 2.42. The van der Waals surface area contributed by atoms with Gasteiger partial charge in [-0.05, 0) is 34.9 Å². The number of rotatable bonds is 1. The quantitative estimate of drug-likeness (QED) is 0.703. The molecule has 0 heterocycles. The van der Waals surface area contributed by atoms with E-state index in [1.54, 1.807) is 0 Å². The Balaban J connectivity index is 2.12. The standard InChI is InChI=1S/C16H11ClO/c17-13-7-6-12-9-16(18)15(14(12)10-13)8-11-4-2-1-3-5-11/h1-8,10H,9H2/b15-8+. The van der Waals surface area contributed by atoms with Crippen molar-refractivity contribution in [2.75, 3.05) is 0 Å². The van der Waals surface area contributed by atoms with Crippen LogP contribution >= 0.6 is 11.6 Å². The van der Waals surface area contributed by atoms with Crippen LogP contribution < -0.4 is 0 Å². The molecular formula is C16H11ClO. The minimum Gasteiger partial charge on any atom is -0.294 e. The third-order valence-electron chi connectivity index (χ3n) is 3.12. The van der Waals surface area contributed by atoms with Crippen LogP contribution in [0.25, 0.3) is 11.6 Å². The topological polar surface area (TPSA) is 17.1 Å². The SMILES string of the molecule is O=C1Cc2ccc(Cl)cc2/C1=C\c1ccccc1. The molecule has 1 aliphatic carbocycles. The van der Waals surface area contributed by atoms with Gasteiger partial charge in [0, 0.05) is 17.0 Å². The number of fused-ring (bicyclic) bond motifs is 1. The van der Waals surface area contributed by atoms with Gasteiger partial charge < -0.3 is 0 Å². The van der Waals surface area contributed by atoms with Crippen molar-refractivity contribution in [1.82, 2.24) is 0 Å². The summed E-state index contributed by atoms with van der Waals surface area (Å²) >= 11 is 6.00. The Morgan fingerprint density at radius 2 is 1.83 bits per heavy atom. The number of allylic oxidation sites excluding steroid dienone is 1. The fraction of sp³-hybridized carbons (Fsp3) is 0.0625. The molecule has 18 heavy (non-hydrogen) atoms. The number of benzene rings is 2. The maximum Gasteiger partial charge on any atom is 0.167 e. The highest BCUT2D eigenvalue weighted by atomic mass is 35.5. The first-order valence-corrected chi connectivity index (χ1v) is 6.20. The monoisotopic (exact) mass is 254 g/mol. The zero-order valence-corrected chi connectivity index (χ0v) is 10.4. The second-order valence-corrected chi connectivity index (χ2v) is 4.81. The summed E-state index contributed by atoms with van der Waals surface area (Å²) in [5.74, 6) is 0.163. The lowest BCUT2D eigenvalue weighted by molar-refractivity contribution is -0.112. The summed E-state index contributed by atoms with van der Waals surface area (Å²) in [4.78, 5) is 12.0. The van der Waals surface area contributed by atoms with Crippen molar-refractivity contribution in [3.8, 4) is 0 Å². The average Bonchev–Trinajstić information content (AvgIpc) is 2.67. The molecule has 0 bridgehead atoms. The van der Waals surface area contributed by atoms with Gasteiger partial charge in [-0.15, -0.1) is 0 Å². The molecule has 0 fully saturated rings. The molecule has 0 N–H and O–H groups in total. The van der Waals surface area contributed by atoms with Crippen LogP contribution in [-0.4, -0.2) is 5.78 Å². The number of halogens is 1. The number of carbonyl (C=O) groups excluding carboxylic acids is 1. The maximum atomic E-state index is 12.0. The number of Topliss-reactive ketones (excluding diaryl/α,β-unsaturated/α-hetero) is 1. The predicted octanol–water partition coefficient (Wildman–Crippen LogP) is 4.01. The molecule has 3 rings (SSSR count). The van der Waals surface area contributed by atoms with E-state index < -0.39 is 0 Å². The summed E-state index contributed by atoms with van der Waals surface area (Å²) in [7, 11) is 0. The molecule has 1 aliphatic rings. The Morgan fingerprint density at radius 3 is 2.61 bits per heavy atom. The minimum absolute atomic E-state index is 0.163. The maximum absolute atomic E-state index is 12.0. The van der Waals surface area contributed by atoms with Crippen molar-refractivity contribution < 1.29 is 4.79 Å². The summed E-state index contributed by atoms with van der Waals surface area (Å²) in [5, 5.41) is 0.669. The molecule has 0 unspecified atom stereocenters. The Bertz CT molecular complexity index is 641. The van der Waals surface area contributed by atoms with Gasteiger partial charge in [0.25, 0.3) is 0 Å². The molecule has 0 saturated carbocycles. The average molecular weight is 255 g/mol. The van der Waals surface area contributed by atoms with E-state index in [0.29, 0.717) is 11.4 Å². The lowest BCUT2D eigenvalue weighted by Crippen LogP contribution is -1.93. The van der Waals surface area contributed by atoms with Crippen LogP contribution in [0, 0.1) is 0 Å². The molecule has 2 aromatic rings. The summed E-state index contributed by atoms with van der Waals surface area (Å²) in [6.07, 6.45) is 2.41. The van der Waals surface area contributed by atoms with Crippen LogP contribution in [0.5, 0.6) is 0 Å². The molecule has 0 radical (unpaired) electrons. The Kier molecular flexibility index (Phi) is 2.77. The number of ketones is 1. The van der Waals surface area contributed by atoms with Crippen LogP contribution in [-0.2, 0) is 11.2 Å². The lowest BCUT2D eigenvalue weighted by atomic mass is 10.0. The zero-order chi connectivity index (χ0) is 12.5. The molecule has 0 aliphatic heterocycles. The van der Waals surface area contributed by atoms with Gasteiger partial charge in [0.1, 0.15) is 0 Å². The lowest BCUT2D eigenvalue weighted by Gasteiger charge is -2.01. The molecule has 0 amide bonds. The zero-order valence-electron chi connectivity index (χ0n) is 9.69. The van der Waals surface area contributed by atoms with Crippen molar-refractivity contribution in [1.29, 1.82) is 0 Å². The molecular weight excluding hydrogens is 244 g/mol. The summed E-state index contributed by atoms with van der Waals surface area (Å²) in [6, 6.07) is 15.5. The van der Waals surface area contributed by atoms with Gasteiger partial charge in [-0.25, -0.2) is 0 Å². The van der Waals surface area contributed by atoms with Gasteiger partial charge >= 0.3 is 0 Å². The number of hydrogen-bond acceptors (Lipinski definition) is 1. The van der Waals surface area contributed by atoms with E-state index in [1.807, 2.05) is 54.6 Å². The first kappa shape index (κ1) is 11.2. The van der Waals surface area contributed by atoms with Gasteiger partial charge in [-0.3, -0.25) is 4.79 Å². The summed E-state index contributed by atoms with van der Waals surface area (Å²) < 4.78 is 0. The van der Waals surface area contributed by atoms with E-state index in [9.17, 15) is 4.79 Å². The molecule has 2 aromatic carbocycles. The van der Waals surface area contributed by atoms with Crippen molar-refractivity contribution in [2.45, 2.75) is 6.42 Å². The second-order valence-electron chi connectivity index (χ2n) is 4.37. The van der Waals surface area contributed by atoms with Crippen molar-refractivity contribution in [2.24, 2.45) is 0 Å². The van der Waals surface area contributed by atoms with E-state index in [-0.39, 0.29) is 5.78 Å². The Hall–Kier alpha value is -1.86. The minimum atomic E-state index is 0.163. The highest BCUT2D eigenvalue weighted by molar-refractivity contribution is 6.33. The van der Waals surface area contributed by atoms with Crippen LogP contribution in [0.3, 0.4) is 0 Å². The molecule has 0 aromatic heterocycles. The largest absolute Gasteiger partial charge is 0.294 e. The third-order valence-corrected chi connectivity index (χ3v) is 3.36. The highest BCUT2D eigenvalue weighted by Crippen LogP contribution is 2.32. The van der Waals surface area contributed by atoms with Crippen LogP contribution in [0.2, 0.25) is 5.02 Å². The normalized spacial score (nSPS) is 16.1. The smallest absolute Gasteiger partial charge is 0.167 e. The first-order valence-electron chi connectivity index (χ1n) is 5.83. The highest BCUT2D eigenvalue weighted by Gasteiger charge is 2.24. The fourth-order valence-electron chi connectivity index (χ4n) is 2.25. The van der Waals surface area contributed by atoms with E-state index in [4.69, 9.17) is 11.6 Å². The van der Waals surface area contributed by atoms with Gasteiger partial charge in [0.05, 0.1) is 0 Å². The number of carbonyl (C=O) groups is 1. The Labute approximate surface area is 111 Å². The first-order chi connectivity index (χ1) is 8.74. The molecule has 2 heteroatoms. The molecule has 0 spiro atoms. The molecule has 0 atom stereocenters. The number of hydrogen-bond donors (Lipinski definition) is 0. The summed E-state index contributed by atoms with van der Waals surface area (Å²) in [6.45, 7) is 0. The van der Waals surface area contributed by atoms with Gasteiger partial charge in [0.15, 0.2) is 5.78 Å². The van der Waals surface area contributed by atoms with E-state index in [2.05, 4.69) is 0 Å². The molecule has 0 saturated heterocycles. The Morgan fingerprint density at radius 1 is 1.06 bits per heavy atom. The molecule has 88 valence electrons. The third kappa shape index (κ3) is 1.98. The van der Waals surface area contributed by atoms with E-state index in [1.165, 1.54) is 0 Å². The molecule has 1 nitrogen and oxygen atoms in total. The van der Waals surface area contributed by atoms with Crippen molar-refractivity contribution in [3.63, 3.8) is 0 Å². The van der Waals surface area contributed by atoms with Crippen molar-refractivity contribution >= 4 is 29.0 Å². The van der Waals surface area contributed by atoms with Crippen LogP contribution in [0.15, 0.2) is 48.5 Å².